The first-order chi connectivity index (χ1) is 11.5. The predicted molar refractivity (Wildman–Crippen MR) is 95.9 cm³/mol. The summed E-state index contributed by atoms with van der Waals surface area (Å²) in [7, 11) is 1.65. The molecule has 5 heteroatoms. The Labute approximate surface area is 143 Å². The van der Waals surface area contributed by atoms with Gasteiger partial charge < -0.3 is 26.0 Å². The number of ether oxygens (including phenoxy) is 1. The van der Waals surface area contributed by atoms with E-state index in [9.17, 15) is 10.2 Å². The largest absolute Gasteiger partial charge is 0.497 e. The quantitative estimate of drug-likeness (QED) is 0.556. The van der Waals surface area contributed by atoms with E-state index in [2.05, 4.69) is 12.2 Å². The number of nitrogen functional groups attached to an aromatic ring is 1. The monoisotopic (exact) mass is 330 g/mol. The molecule has 0 fully saturated rings. The van der Waals surface area contributed by atoms with Crippen LogP contribution in [0.3, 0.4) is 0 Å². The van der Waals surface area contributed by atoms with Gasteiger partial charge in [0.2, 0.25) is 0 Å². The number of methoxy groups -OCH3 is 1. The zero-order chi connectivity index (χ0) is 17.5. The Morgan fingerprint density at radius 2 is 1.83 bits per heavy atom. The van der Waals surface area contributed by atoms with Crippen LogP contribution in [0.2, 0.25) is 0 Å². The molecule has 2 rings (SSSR count). The summed E-state index contributed by atoms with van der Waals surface area (Å²) in [6.07, 6.45) is 0.187. The summed E-state index contributed by atoms with van der Waals surface area (Å²) < 4.78 is 5.15. The molecule has 2 atom stereocenters. The fraction of sp³-hybridized carbons (Fsp3) is 0.368. The average Bonchev–Trinajstić information content (AvgIpc) is 2.59. The molecule has 0 saturated carbocycles. The molecule has 0 aliphatic heterocycles. The molecule has 0 saturated heterocycles. The standard InChI is InChI=1S/C19H26N2O3/c1-13(7-14-3-5-18(24-2)6-4-14)21-11-19(23)16-8-15(12-22)9-17(20)10-16/h3-6,8-10,13,19,21-23H,7,11-12,20H2,1-2H3/t13-,19-/m0/s1. The van der Waals surface area contributed by atoms with Crippen molar-refractivity contribution in [2.24, 2.45) is 0 Å². The minimum atomic E-state index is -0.669. The van der Waals surface area contributed by atoms with E-state index in [0.717, 1.165) is 12.2 Å². The average molecular weight is 330 g/mol. The topological polar surface area (TPSA) is 87.7 Å². The number of aliphatic hydroxyl groups is 2. The van der Waals surface area contributed by atoms with Gasteiger partial charge in [-0.2, -0.15) is 0 Å². The highest BCUT2D eigenvalue weighted by Crippen LogP contribution is 2.19. The van der Waals surface area contributed by atoms with Crippen molar-refractivity contribution in [1.29, 1.82) is 0 Å². The van der Waals surface area contributed by atoms with Crippen molar-refractivity contribution in [3.63, 3.8) is 0 Å². The van der Waals surface area contributed by atoms with Gasteiger partial charge in [0.25, 0.3) is 0 Å². The molecular formula is C19H26N2O3. The Hall–Kier alpha value is -2.08. The Kier molecular flexibility index (Phi) is 6.61. The molecule has 5 nitrogen and oxygen atoms in total. The van der Waals surface area contributed by atoms with Crippen LogP contribution in [0.4, 0.5) is 5.69 Å². The van der Waals surface area contributed by atoms with Crippen molar-refractivity contribution in [2.45, 2.75) is 32.1 Å². The number of hydrogen-bond acceptors (Lipinski definition) is 5. The summed E-state index contributed by atoms with van der Waals surface area (Å²) in [5, 5.41) is 22.9. The van der Waals surface area contributed by atoms with Crippen molar-refractivity contribution < 1.29 is 14.9 Å². The van der Waals surface area contributed by atoms with Crippen molar-refractivity contribution in [2.75, 3.05) is 19.4 Å². The summed E-state index contributed by atoms with van der Waals surface area (Å²) >= 11 is 0. The molecule has 24 heavy (non-hydrogen) atoms. The molecule has 0 amide bonds. The smallest absolute Gasteiger partial charge is 0.118 e. The van der Waals surface area contributed by atoms with Crippen LogP contribution in [-0.4, -0.2) is 29.9 Å². The Morgan fingerprint density at radius 1 is 1.12 bits per heavy atom. The van der Waals surface area contributed by atoms with E-state index in [1.54, 1.807) is 25.3 Å². The summed E-state index contributed by atoms with van der Waals surface area (Å²) in [5.41, 5.74) is 8.97. The maximum atomic E-state index is 10.3. The molecule has 0 aromatic heterocycles. The van der Waals surface area contributed by atoms with Crippen LogP contribution in [0.5, 0.6) is 5.75 Å². The van der Waals surface area contributed by atoms with Gasteiger partial charge in [0.1, 0.15) is 5.75 Å². The molecule has 2 aromatic rings. The minimum absolute atomic E-state index is 0.0912. The van der Waals surface area contributed by atoms with E-state index >= 15 is 0 Å². The van der Waals surface area contributed by atoms with Crippen molar-refractivity contribution >= 4 is 5.69 Å². The Bertz CT molecular complexity index is 644. The van der Waals surface area contributed by atoms with Crippen LogP contribution < -0.4 is 15.8 Å². The van der Waals surface area contributed by atoms with E-state index in [0.29, 0.717) is 23.4 Å². The lowest BCUT2D eigenvalue weighted by molar-refractivity contribution is 0.170. The molecule has 0 radical (unpaired) electrons. The molecule has 0 heterocycles. The van der Waals surface area contributed by atoms with Gasteiger partial charge >= 0.3 is 0 Å². The minimum Gasteiger partial charge on any atom is -0.497 e. The fourth-order valence-corrected chi connectivity index (χ4v) is 2.65. The first-order valence-electron chi connectivity index (χ1n) is 8.06. The van der Waals surface area contributed by atoms with E-state index in [-0.39, 0.29) is 12.6 Å². The molecule has 0 aliphatic rings. The molecule has 0 aliphatic carbocycles. The zero-order valence-electron chi connectivity index (χ0n) is 14.2. The summed E-state index contributed by atoms with van der Waals surface area (Å²) in [6, 6.07) is 13.4. The Morgan fingerprint density at radius 3 is 2.46 bits per heavy atom. The summed E-state index contributed by atoms with van der Waals surface area (Å²) in [4.78, 5) is 0. The van der Waals surface area contributed by atoms with Crippen LogP contribution in [0.25, 0.3) is 0 Å². The highest BCUT2D eigenvalue weighted by Gasteiger charge is 2.11. The van der Waals surface area contributed by atoms with Crippen molar-refractivity contribution in [3.05, 3.63) is 59.2 Å². The van der Waals surface area contributed by atoms with Gasteiger partial charge in [-0.25, -0.2) is 0 Å². The third-order valence-corrected chi connectivity index (χ3v) is 3.97. The van der Waals surface area contributed by atoms with Crippen LogP contribution in [0, 0.1) is 0 Å². The van der Waals surface area contributed by atoms with E-state index in [1.165, 1.54) is 5.56 Å². The number of rotatable bonds is 8. The lowest BCUT2D eigenvalue weighted by Crippen LogP contribution is -2.32. The van der Waals surface area contributed by atoms with Crippen LogP contribution >= 0.6 is 0 Å². The SMILES string of the molecule is COc1ccc(C[C@H](C)NC[C@H](O)c2cc(N)cc(CO)c2)cc1. The molecule has 5 N–H and O–H groups in total. The third kappa shape index (κ3) is 5.23. The highest BCUT2D eigenvalue weighted by molar-refractivity contribution is 5.45. The van der Waals surface area contributed by atoms with Gasteiger partial charge in [-0.15, -0.1) is 0 Å². The number of nitrogens with two attached hydrogens (primary N) is 1. The number of hydrogen-bond donors (Lipinski definition) is 4. The zero-order valence-corrected chi connectivity index (χ0v) is 14.2. The van der Waals surface area contributed by atoms with Gasteiger partial charge in [0.15, 0.2) is 0 Å². The predicted octanol–water partition coefficient (Wildman–Crippen LogP) is 2.02. The maximum Gasteiger partial charge on any atom is 0.118 e. The number of nitrogens with one attached hydrogen (secondary N) is 1. The lowest BCUT2D eigenvalue weighted by Gasteiger charge is -2.18. The van der Waals surface area contributed by atoms with Gasteiger partial charge in [0.05, 0.1) is 19.8 Å². The van der Waals surface area contributed by atoms with Crippen molar-refractivity contribution in [3.8, 4) is 5.75 Å². The Balaban J connectivity index is 1.88. The second kappa shape index (κ2) is 8.68. The van der Waals surface area contributed by atoms with Crippen LogP contribution in [-0.2, 0) is 13.0 Å². The van der Waals surface area contributed by atoms with Crippen LogP contribution in [0.1, 0.15) is 29.7 Å². The van der Waals surface area contributed by atoms with Gasteiger partial charge in [-0.1, -0.05) is 18.2 Å². The molecule has 2 aromatic carbocycles. The fourth-order valence-electron chi connectivity index (χ4n) is 2.65. The second-order valence-corrected chi connectivity index (χ2v) is 6.04. The summed E-state index contributed by atoms with van der Waals surface area (Å²) in [6.45, 7) is 2.41. The van der Waals surface area contributed by atoms with E-state index in [4.69, 9.17) is 10.5 Å². The molecule has 0 unspecified atom stereocenters. The lowest BCUT2D eigenvalue weighted by atomic mass is 10.0. The molecule has 0 spiro atoms. The third-order valence-electron chi connectivity index (χ3n) is 3.97. The van der Waals surface area contributed by atoms with Crippen LogP contribution in [0.15, 0.2) is 42.5 Å². The number of anilines is 1. The van der Waals surface area contributed by atoms with E-state index < -0.39 is 6.10 Å². The molecule has 0 bridgehead atoms. The van der Waals surface area contributed by atoms with Gasteiger partial charge in [-0.3, -0.25) is 0 Å². The molecular weight excluding hydrogens is 304 g/mol. The first-order valence-corrected chi connectivity index (χ1v) is 8.06. The first kappa shape index (κ1) is 18.3. The number of benzene rings is 2. The number of aliphatic hydroxyl groups excluding tert-OH is 2. The highest BCUT2D eigenvalue weighted by atomic mass is 16.5. The van der Waals surface area contributed by atoms with E-state index in [1.807, 2.05) is 24.3 Å². The maximum absolute atomic E-state index is 10.3. The van der Waals surface area contributed by atoms with Gasteiger partial charge in [-0.05, 0) is 54.3 Å². The second-order valence-electron chi connectivity index (χ2n) is 6.04. The van der Waals surface area contributed by atoms with Crippen molar-refractivity contribution in [1.82, 2.24) is 5.32 Å². The van der Waals surface area contributed by atoms with Gasteiger partial charge in [0, 0.05) is 18.3 Å². The normalized spacial score (nSPS) is 13.5. The molecule has 130 valence electrons. The summed E-state index contributed by atoms with van der Waals surface area (Å²) in [5.74, 6) is 0.844.